The summed E-state index contributed by atoms with van der Waals surface area (Å²) in [6.07, 6.45) is 4.62. The van der Waals surface area contributed by atoms with Gasteiger partial charge in [0.1, 0.15) is 4.90 Å². The third-order valence-corrected chi connectivity index (χ3v) is 5.68. The van der Waals surface area contributed by atoms with Crippen LogP contribution in [0.15, 0.2) is 17.3 Å². The van der Waals surface area contributed by atoms with Gasteiger partial charge >= 0.3 is 0 Å². The second kappa shape index (κ2) is 6.60. The number of hydrogen-bond donors (Lipinski definition) is 1. The second-order valence-electron chi connectivity index (χ2n) is 7.33. The van der Waals surface area contributed by atoms with Gasteiger partial charge in [0.2, 0.25) is 15.9 Å². The first kappa shape index (κ1) is 17.9. The van der Waals surface area contributed by atoms with E-state index in [1.54, 1.807) is 7.05 Å². The topological polar surface area (TPSA) is 84.3 Å². The molecular weight excluding hydrogens is 316 g/mol. The van der Waals surface area contributed by atoms with Crippen LogP contribution in [0, 0.1) is 5.41 Å². The quantitative estimate of drug-likeness (QED) is 0.889. The van der Waals surface area contributed by atoms with E-state index in [0.29, 0.717) is 32.4 Å². The molecule has 0 aromatic carbocycles. The van der Waals surface area contributed by atoms with Crippen LogP contribution in [0.1, 0.15) is 40.0 Å². The Balaban J connectivity index is 1.90. The number of nitrogens with one attached hydrogen (secondary N) is 1. The van der Waals surface area contributed by atoms with Crippen LogP contribution >= 0.6 is 0 Å². The molecule has 2 heterocycles. The van der Waals surface area contributed by atoms with Crippen LogP contribution in [0.2, 0.25) is 0 Å². The number of carbonyl (C=O) groups excluding carboxylic acids is 1. The van der Waals surface area contributed by atoms with Gasteiger partial charge in [0.15, 0.2) is 0 Å². The van der Waals surface area contributed by atoms with E-state index >= 15 is 0 Å². The van der Waals surface area contributed by atoms with Gasteiger partial charge in [-0.25, -0.2) is 8.42 Å². The molecular formula is C15H26N4O3S. The van der Waals surface area contributed by atoms with Gasteiger partial charge in [-0.2, -0.15) is 9.40 Å². The minimum absolute atomic E-state index is 0.0334. The molecule has 1 aromatic heterocycles. The summed E-state index contributed by atoms with van der Waals surface area (Å²) in [6.45, 7) is 6.90. The zero-order chi connectivity index (χ0) is 17.3. The summed E-state index contributed by atoms with van der Waals surface area (Å²) < 4.78 is 28.0. The Morgan fingerprint density at radius 3 is 2.43 bits per heavy atom. The molecule has 1 amide bonds. The lowest BCUT2D eigenvalue weighted by Crippen LogP contribution is -2.46. The Hall–Kier alpha value is -1.41. The van der Waals surface area contributed by atoms with Crippen molar-refractivity contribution in [2.45, 2.75) is 51.0 Å². The molecule has 1 aliphatic rings. The first-order valence-electron chi connectivity index (χ1n) is 7.86. The average Bonchev–Trinajstić information content (AvgIpc) is 2.84. The fraction of sp³-hybridized carbons (Fsp3) is 0.733. The van der Waals surface area contributed by atoms with Crippen molar-refractivity contribution in [1.82, 2.24) is 19.4 Å². The van der Waals surface area contributed by atoms with Crippen LogP contribution in [-0.2, 0) is 21.9 Å². The Labute approximate surface area is 138 Å². The van der Waals surface area contributed by atoms with E-state index in [1.807, 2.05) is 20.8 Å². The molecule has 0 aliphatic carbocycles. The minimum atomic E-state index is -3.48. The molecule has 1 N–H and O–H groups in total. The van der Waals surface area contributed by atoms with Crippen LogP contribution in [0.3, 0.4) is 0 Å². The van der Waals surface area contributed by atoms with Gasteiger partial charge in [-0.3, -0.25) is 9.48 Å². The van der Waals surface area contributed by atoms with Gasteiger partial charge in [-0.15, -0.1) is 0 Å². The summed E-state index contributed by atoms with van der Waals surface area (Å²) in [5, 5.41) is 6.93. The van der Waals surface area contributed by atoms with Crippen molar-refractivity contribution in [1.29, 1.82) is 0 Å². The predicted octanol–water partition coefficient (Wildman–Crippen LogP) is 1.13. The van der Waals surface area contributed by atoms with Crippen molar-refractivity contribution in [3.8, 4) is 0 Å². The second-order valence-corrected chi connectivity index (χ2v) is 9.27. The fourth-order valence-electron chi connectivity index (χ4n) is 2.68. The van der Waals surface area contributed by atoms with Crippen molar-refractivity contribution in [2.75, 3.05) is 13.1 Å². The zero-order valence-corrected chi connectivity index (χ0v) is 15.1. The maximum atomic E-state index is 12.5. The Morgan fingerprint density at radius 1 is 1.35 bits per heavy atom. The normalized spacial score (nSPS) is 18.1. The molecule has 1 saturated heterocycles. The van der Waals surface area contributed by atoms with E-state index in [2.05, 4.69) is 10.4 Å². The maximum Gasteiger partial charge on any atom is 0.246 e. The molecule has 8 heteroatoms. The number of aryl methyl sites for hydroxylation is 1. The Bertz CT molecular complexity index is 653. The van der Waals surface area contributed by atoms with Crippen LogP contribution in [0.25, 0.3) is 0 Å². The van der Waals surface area contributed by atoms with Crippen molar-refractivity contribution >= 4 is 15.9 Å². The average molecular weight is 342 g/mol. The van der Waals surface area contributed by atoms with Crippen molar-refractivity contribution in [3.63, 3.8) is 0 Å². The maximum absolute atomic E-state index is 12.5. The number of nitrogens with zero attached hydrogens (tertiary/aromatic N) is 3. The number of aromatic nitrogens is 2. The summed E-state index contributed by atoms with van der Waals surface area (Å²) in [7, 11) is -1.79. The number of amides is 1. The lowest BCUT2D eigenvalue weighted by Gasteiger charge is -2.31. The third kappa shape index (κ3) is 4.78. The van der Waals surface area contributed by atoms with E-state index in [0.717, 1.165) is 0 Å². The third-order valence-electron chi connectivity index (χ3n) is 3.83. The van der Waals surface area contributed by atoms with E-state index in [-0.39, 0.29) is 22.3 Å². The van der Waals surface area contributed by atoms with E-state index in [9.17, 15) is 13.2 Å². The molecule has 23 heavy (non-hydrogen) atoms. The summed E-state index contributed by atoms with van der Waals surface area (Å²) in [6, 6.07) is 0.0465. The van der Waals surface area contributed by atoms with Crippen molar-refractivity contribution in [2.24, 2.45) is 12.5 Å². The van der Waals surface area contributed by atoms with Crippen LogP contribution in [0.4, 0.5) is 0 Å². The molecule has 1 aromatic rings. The summed E-state index contributed by atoms with van der Waals surface area (Å²) in [5.41, 5.74) is -0.0472. The SMILES string of the molecule is Cn1cc(S(=O)(=O)N2CCC(NC(=O)CC(C)(C)C)CC2)cn1. The number of sulfonamides is 1. The first-order chi connectivity index (χ1) is 10.6. The molecule has 1 aliphatic heterocycles. The number of hydrogen-bond acceptors (Lipinski definition) is 4. The van der Waals surface area contributed by atoms with E-state index in [1.165, 1.54) is 21.4 Å². The Morgan fingerprint density at radius 2 is 1.96 bits per heavy atom. The molecule has 0 saturated carbocycles. The minimum Gasteiger partial charge on any atom is -0.353 e. The van der Waals surface area contributed by atoms with Gasteiger partial charge in [0, 0.05) is 38.8 Å². The number of carbonyl (C=O) groups is 1. The van der Waals surface area contributed by atoms with Crippen molar-refractivity contribution < 1.29 is 13.2 Å². The Kier molecular flexibility index (Phi) is 5.15. The first-order valence-corrected chi connectivity index (χ1v) is 9.30. The fourth-order valence-corrected chi connectivity index (χ4v) is 4.14. The molecule has 0 bridgehead atoms. The molecule has 0 atom stereocenters. The highest BCUT2D eigenvalue weighted by atomic mass is 32.2. The highest BCUT2D eigenvalue weighted by Crippen LogP contribution is 2.22. The van der Waals surface area contributed by atoms with Crippen molar-refractivity contribution in [3.05, 3.63) is 12.4 Å². The van der Waals surface area contributed by atoms with Gasteiger partial charge < -0.3 is 5.32 Å². The monoisotopic (exact) mass is 342 g/mol. The molecule has 0 radical (unpaired) electrons. The largest absolute Gasteiger partial charge is 0.353 e. The lowest BCUT2D eigenvalue weighted by atomic mass is 9.91. The molecule has 2 rings (SSSR count). The molecule has 130 valence electrons. The zero-order valence-electron chi connectivity index (χ0n) is 14.2. The van der Waals surface area contributed by atoms with Gasteiger partial charge in [-0.1, -0.05) is 20.8 Å². The van der Waals surface area contributed by atoms with Crippen LogP contribution in [-0.4, -0.2) is 47.5 Å². The van der Waals surface area contributed by atoms with Crippen LogP contribution in [0.5, 0.6) is 0 Å². The standard InChI is InChI=1S/C15H26N4O3S/c1-15(2,3)9-14(20)17-12-5-7-19(8-6-12)23(21,22)13-10-16-18(4)11-13/h10-12H,5-9H2,1-4H3,(H,17,20). The molecule has 0 spiro atoms. The van der Waals surface area contributed by atoms with Gasteiger partial charge in [-0.05, 0) is 18.3 Å². The van der Waals surface area contributed by atoms with Gasteiger partial charge in [0.25, 0.3) is 0 Å². The summed E-state index contributed by atoms with van der Waals surface area (Å²) >= 11 is 0. The van der Waals surface area contributed by atoms with Gasteiger partial charge in [0.05, 0.1) is 6.20 Å². The smallest absolute Gasteiger partial charge is 0.246 e. The molecule has 1 fully saturated rings. The lowest BCUT2D eigenvalue weighted by molar-refractivity contribution is -0.123. The van der Waals surface area contributed by atoms with Crippen LogP contribution < -0.4 is 5.32 Å². The predicted molar refractivity (Wildman–Crippen MR) is 87.2 cm³/mol. The summed E-state index contributed by atoms with van der Waals surface area (Å²) in [5.74, 6) is 0.0334. The number of rotatable bonds is 4. The highest BCUT2D eigenvalue weighted by Gasteiger charge is 2.31. The molecule has 0 unspecified atom stereocenters. The van der Waals surface area contributed by atoms with E-state index < -0.39 is 10.0 Å². The summed E-state index contributed by atoms with van der Waals surface area (Å²) in [4.78, 5) is 12.2. The number of piperidine rings is 1. The molecule has 7 nitrogen and oxygen atoms in total. The van der Waals surface area contributed by atoms with E-state index in [4.69, 9.17) is 0 Å². The highest BCUT2D eigenvalue weighted by molar-refractivity contribution is 7.89.